The first-order chi connectivity index (χ1) is 14.9. The molecule has 0 spiro atoms. The number of benzene rings is 2. The fourth-order valence-corrected chi connectivity index (χ4v) is 3.85. The summed E-state index contributed by atoms with van der Waals surface area (Å²) in [6.07, 6.45) is 1.82. The van der Waals surface area contributed by atoms with Gasteiger partial charge in [0.05, 0.1) is 17.1 Å². The molecule has 0 saturated carbocycles. The number of fused-ring (bicyclic) bond motifs is 1. The normalized spacial score (nSPS) is 14.4. The molecule has 8 nitrogen and oxygen atoms in total. The molecule has 1 amide bonds. The molecule has 1 aliphatic rings. The Balaban J connectivity index is 1.70. The van der Waals surface area contributed by atoms with E-state index in [0.29, 0.717) is 6.54 Å². The van der Waals surface area contributed by atoms with E-state index in [1.807, 2.05) is 6.07 Å². The molecule has 1 atom stereocenters. The van der Waals surface area contributed by atoms with Gasteiger partial charge in [0.25, 0.3) is 11.6 Å². The molecular weight excluding hydrogens is 398 g/mol. The molecule has 164 valence electrons. The Morgan fingerprint density at radius 2 is 1.87 bits per heavy atom. The average molecular weight is 425 g/mol. The summed E-state index contributed by atoms with van der Waals surface area (Å²) in [6, 6.07) is 12.1. The predicted molar refractivity (Wildman–Crippen MR) is 116 cm³/mol. The van der Waals surface area contributed by atoms with E-state index in [9.17, 15) is 19.7 Å². The molecule has 1 heterocycles. The van der Waals surface area contributed by atoms with Gasteiger partial charge in [-0.15, -0.1) is 0 Å². The lowest BCUT2D eigenvalue weighted by atomic mass is 9.98. The number of nitrogens with one attached hydrogen (secondary N) is 1. The zero-order valence-corrected chi connectivity index (χ0v) is 17.8. The van der Waals surface area contributed by atoms with Crippen LogP contribution in [0.3, 0.4) is 0 Å². The van der Waals surface area contributed by atoms with E-state index in [1.165, 1.54) is 23.3 Å². The highest BCUT2D eigenvalue weighted by atomic mass is 16.6. The van der Waals surface area contributed by atoms with Crippen LogP contribution in [0.15, 0.2) is 42.5 Å². The van der Waals surface area contributed by atoms with Crippen LogP contribution < -0.4 is 5.32 Å². The number of hydrogen-bond acceptors (Lipinski definition) is 6. The van der Waals surface area contributed by atoms with Crippen molar-refractivity contribution in [2.75, 3.05) is 19.7 Å². The van der Waals surface area contributed by atoms with Gasteiger partial charge in [0.1, 0.15) is 0 Å². The minimum atomic E-state index is -0.696. The number of nitro groups is 1. The zero-order valence-electron chi connectivity index (χ0n) is 17.8. The predicted octanol–water partition coefficient (Wildman–Crippen LogP) is 3.34. The number of hydrogen-bond donors (Lipinski definition) is 1. The van der Waals surface area contributed by atoms with Crippen molar-refractivity contribution in [3.8, 4) is 0 Å². The first-order valence-corrected chi connectivity index (χ1v) is 10.5. The number of non-ortho nitro benzene ring substituents is 1. The second-order valence-electron chi connectivity index (χ2n) is 7.51. The van der Waals surface area contributed by atoms with Gasteiger partial charge < -0.3 is 10.1 Å². The number of amides is 1. The molecule has 0 saturated heterocycles. The van der Waals surface area contributed by atoms with Gasteiger partial charge in [0.15, 0.2) is 0 Å². The fraction of sp³-hybridized carbons (Fsp3) is 0.391. The summed E-state index contributed by atoms with van der Waals surface area (Å²) < 4.78 is 4.92. The van der Waals surface area contributed by atoms with E-state index in [-0.39, 0.29) is 29.5 Å². The molecule has 0 aromatic heterocycles. The van der Waals surface area contributed by atoms with Gasteiger partial charge in [-0.2, -0.15) is 0 Å². The number of carbonyl (C=O) groups is 2. The Kier molecular flexibility index (Phi) is 7.36. The summed E-state index contributed by atoms with van der Waals surface area (Å²) in [4.78, 5) is 37.7. The lowest BCUT2D eigenvalue weighted by molar-refractivity contribution is -0.384. The summed E-state index contributed by atoms with van der Waals surface area (Å²) >= 11 is 0. The van der Waals surface area contributed by atoms with Crippen LogP contribution in [0.1, 0.15) is 52.1 Å². The van der Waals surface area contributed by atoms with E-state index in [0.717, 1.165) is 32.0 Å². The van der Waals surface area contributed by atoms with E-state index in [2.05, 4.69) is 35.3 Å². The van der Waals surface area contributed by atoms with Crippen LogP contribution in [0, 0.1) is 10.1 Å². The van der Waals surface area contributed by atoms with Gasteiger partial charge in [0.2, 0.25) is 0 Å². The van der Waals surface area contributed by atoms with E-state index >= 15 is 0 Å². The third kappa shape index (κ3) is 5.46. The van der Waals surface area contributed by atoms with Gasteiger partial charge in [-0.05, 0) is 37.0 Å². The second kappa shape index (κ2) is 10.2. The first-order valence-electron chi connectivity index (χ1n) is 10.5. The highest BCUT2D eigenvalue weighted by Gasteiger charge is 2.24. The van der Waals surface area contributed by atoms with Crippen LogP contribution in [0.4, 0.5) is 5.69 Å². The quantitative estimate of drug-likeness (QED) is 0.395. The Morgan fingerprint density at radius 1 is 1.16 bits per heavy atom. The number of carbonyl (C=O) groups excluding carboxylic acids is 2. The molecule has 2 aromatic rings. The number of esters is 1. The molecule has 1 N–H and O–H groups in total. The van der Waals surface area contributed by atoms with Gasteiger partial charge >= 0.3 is 5.97 Å². The van der Waals surface area contributed by atoms with Crippen molar-refractivity contribution in [1.82, 2.24) is 10.2 Å². The van der Waals surface area contributed by atoms with E-state index < -0.39 is 16.8 Å². The number of ether oxygens (including phenoxy) is 1. The van der Waals surface area contributed by atoms with Crippen molar-refractivity contribution in [2.24, 2.45) is 0 Å². The zero-order chi connectivity index (χ0) is 22.4. The van der Waals surface area contributed by atoms with Crippen LogP contribution in [0.25, 0.3) is 0 Å². The minimum absolute atomic E-state index is 0.0131. The highest BCUT2D eigenvalue weighted by Crippen LogP contribution is 2.22. The summed E-state index contributed by atoms with van der Waals surface area (Å²) in [7, 11) is 0. The van der Waals surface area contributed by atoms with Crippen LogP contribution >= 0.6 is 0 Å². The van der Waals surface area contributed by atoms with E-state index in [1.54, 1.807) is 6.92 Å². The molecule has 31 heavy (non-hydrogen) atoms. The van der Waals surface area contributed by atoms with Crippen LogP contribution in [-0.4, -0.2) is 47.4 Å². The third-order valence-electron chi connectivity index (χ3n) is 5.55. The topological polar surface area (TPSA) is 102 Å². The maximum atomic E-state index is 12.7. The van der Waals surface area contributed by atoms with Crippen LogP contribution in [0.5, 0.6) is 0 Å². The van der Waals surface area contributed by atoms with E-state index in [4.69, 9.17) is 4.74 Å². The Bertz CT molecular complexity index is 975. The van der Waals surface area contributed by atoms with Crippen LogP contribution in [0.2, 0.25) is 0 Å². The molecule has 0 aliphatic carbocycles. The summed E-state index contributed by atoms with van der Waals surface area (Å²) in [5, 5.41) is 14.1. The second-order valence-corrected chi connectivity index (χ2v) is 7.51. The monoisotopic (exact) mass is 425 g/mol. The molecule has 0 bridgehead atoms. The Hall–Kier alpha value is -3.26. The largest absolute Gasteiger partial charge is 0.462 e. The SMILES string of the molecule is CCOC(=O)c1cc(C(=O)NCC(CC)N2CCc3ccccc3C2)cc([N+](=O)[O-])c1. The number of nitro benzene ring substituents is 1. The highest BCUT2D eigenvalue weighted by molar-refractivity contribution is 5.99. The van der Waals surface area contributed by atoms with Gasteiger partial charge in [-0.1, -0.05) is 31.2 Å². The Morgan fingerprint density at radius 3 is 2.55 bits per heavy atom. The molecule has 8 heteroatoms. The van der Waals surface area contributed by atoms with Crippen molar-refractivity contribution < 1.29 is 19.2 Å². The summed E-state index contributed by atoms with van der Waals surface area (Å²) in [6.45, 7) is 6.01. The van der Waals surface area contributed by atoms with Crippen molar-refractivity contribution in [3.05, 3.63) is 74.8 Å². The van der Waals surface area contributed by atoms with Crippen molar-refractivity contribution in [1.29, 1.82) is 0 Å². The average Bonchev–Trinajstić information content (AvgIpc) is 2.79. The lowest BCUT2D eigenvalue weighted by Crippen LogP contribution is -2.45. The maximum absolute atomic E-state index is 12.7. The summed E-state index contributed by atoms with van der Waals surface area (Å²) in [5.74, 6) is -1.15. The molecule has 0 fully saturated rings. The number of rotatable bonds is 8. The van der Waals surface area contributed by atoms with Gasteiger partial charge in [-0.25, -0.2) is 4.79 Å². The Labute approximate surface area is 181 Å². The number of nitrogens with zero attached hydrogens (tertiary/aromatic N) is 2. The maximum Gasteiger partial charge on any atom is 0.338 e. The molecule has 2 aromatic carbocycles. The van der Waals surface area contributed by atoms with Gasteiger partial charge in [0, 0.05) is 43.4 Å². The van der Waals surface area contributed by atoms with Crippen molar-refractivity contribution >= 4 is 17.6 Å². The van der Waals surface area contributed by atoms with Crippen molar-refractivity contribution in [2.45, 2.75) is 39.3 Å². The standard InChI is InChI=1S/C23H27N3O5/c1-3-20(25-10-9-16-7-5-6-8-17(16)15-25)14-24-22(27)18-11-19(23(28)31-4-2)13-21(12-18)26(29)30/h5-8,11-13,20H,3-4,9-10,14-15H2,1-2H3,(H,24,27). The molecule has 1 aliphatic heterocycles. The summed E-state index contributed by atoms with van der Waals surface area (Å²) in [5.41, 5.74) is 2.39. The van der Waals surface area contributed by atoms with Crippen molar-refractivity contribution in [3.63, 3.8) is 0 Å². The molecule has 0 radical (unpaired) electrons. The lowest BCUT2D eigenvalue weighted by Gasteiger charge is -2.35. The fourth-order valence-electron chi connectivity index (χ4n) is 3.85. The minimum Gasteiger partial charge on any atom is -0.462 e. The molecule has 3 rings (SSSR count). The molecular formula is C23H27N3O5. The van der Waals surface area contributed by atoms with Gasteiger partial charge in [-0.3, -0.25) is 19.8 Å². The smallest absolute Gasteiger partial charge is 0.338 e. The third-order valence-corrected chi connectivity index (χ3v) is 5.55. The van der Waals surface area contributed by atoms with Crippen LogP contribution in [-0.2, 0) is 17.7 Å². The molecule has 1 unspecified atom stereocenters. The first kappa shape index (κ1) is 22.4.